The Morgan fingerprint density at radius 2 is 1.42 bits per heavy atom. The van der Waals surface area contributed by atoms with Crippen molar-refractivity contribution >= 4 is 0 Å². The maximum absolute atomic E-state index is 13.4. The third-order valence-corrected chi connectivity index (χ3v) is 7.33. The van der Waals surface area contributed by atoms with Gasteiger partial charge in [-0.1, -0.05) is 20.3 Å². The van der Waals surface area contributed by atoms with Gasteiger partial charge in [0.05, 0.1) is 30.8 Å². The largest absolute Gasteiger partial charge is 0.416 e. The van der Waals surface area contributed by atoms with Crippen LogP contribution in [0.5, 0.6) is 0 Å². The van der Waals surface area contributed by atoms with Gasteiger partial charge in [0.25, 0.3) is 0 Å². The number of quaternary nitrogens is 1. The molecule has 0 aliphatic carbocycles. The molecule has 0 atom stereocenters. The lowest BCUT2D eigenvalue weighted by Crippen LogP contribution is -2.55. The molecule has 2 heterocycles. The standard InChI is InChI=1S/C25H37F6N2/c1-19(2)14-20-6-11-33(12-7-20,13-10-32-8-4-3-5-9-32)18-21-15-22(24(26,27)28)17-23(16-21)25(29,30)31/h15-17,19-20H,3-14,18H2,1-2H3/q+1. The molecule has 1 aromatic carbocycles. The van der Waals surface area contributed by atoms with Crippen molar-refractivity contribution in [2.24, 2.45) is 11.8 Å². The molecule has 2 fully saturated rings. The molecule has 0 N–H and O–H groups in total. The average molecular weight is 480 g/mol. The van der Waals surface area contributed by atoms with Crippen molar-refractivity contribution in [1.29, 1.82) is 0 Å². The number of alkyl halides is 6. The average Bonchev–Trinajstić information content (AvgIpc) is 2.73. The first-order valence-corrected chi connectivity index (χ1v) is 12.2. The fraction of sp³-hybridized carbons (Fsp3) is 0.760. The third-order valence-electron chi connectivity index (χ3n) is 7.33. The molecule has 2 aliphatic heterocycles. The summed E-state index contributed by atoms with van der Waals surface area (Å²) >= 11 is 0. The summed E-state index contributed by atoms with van der Waals surface area (Å²) in [6, 6.07) is 2.09. The van der Waals surface area contributed by atoms with Crippen LogP contribution in [0, 0.1) is 11.8 Å². The van der Waals surface area contributed by atoms with Gasteiger partial charge in [-0.3, -0.25) is 4.90 Å². The summed E-state index contributed by atoms with van der Waals surface area (Å²) in [6.45, 7) is 9.88. The Morgan fingerprint density at radius 3 is 1.91 bits per heavy atom. The predicted octanol–water partition coefficient (Wildman–Crippen LogP) is 6.98. The topological polar surface area (TPSA) is 3.24 Å². The van der Waals surface area contributed by atoms with E-state index in [2.05, 4.69) is 18.7 Å². The molecule has 33 heavy (non-hydrogen) atoms. The van der Waals surface area contributed by atoms with Crippen molar-refractivity contribution < 1.29 is 30.8 Å². The molecule has 0 spiro atoms. The summed E-state index contributed by atoms with van der Waals surface area (Å²) in [5.74, 6) is 1.17. The number of piperidine rings is 2. The fourth-order valence-corrected chi connectivity index (χ4v) is 5.57. The number of likely N-dealkylation sites (tertiary alicyclic amines) is 2. The van der Waals surface area contributed by atoms with E-state index in [0.29, 0.717) is 16.3 Å². The van der Waals surface area contributed by atoms with Crippen molar-refractivity contribution in [3.05, 3.63) is 34.9 Å². The highest BCUT2D eigenvalue weighted by atomic mass is 19.4. The van der Waals surface area contributed by atoms with Crippen molar-refractivity contribution in [1.82, 2.24) is 4.90 Å². The monoisotopic (exact) mass is 479 g/mol. The van der Waals surface area contributed by atoms with Crippen molar-refractivity contribution in [3.8, 4) is 0 Å². The molecule has 0 radical (unpaired) electrons. The minimum absolute atomic E-state index is 0.137. The highest BCUT2D eigenvalue weighted by Crippen LogP contribution is 2.38. The van der Waals surface area contributed by atoms with E-state index in [1.54, 1.807) is 0 Å². The summed E-state index contributed by atoms with van der Waals surface area (Å²) in [4.78, 5) is 2.40. The minimum atomic E-state index is -4.81. The van der Waals surface area contributed by atoms with Gasteiger partial charge in [0.2, 0.25) is 0 Å². The van der Waals surface area contributed by atoms with Crippen molar-refractivity contribution in [2.75, 3.05) is 39.3 Å². The van der Waals surface area contributed by atoms with Gasteiger partial charge in [-0.2, -0.15) is 26.3 Å². The van der Waals surface area contributed by atoms with Gasteiger partial charge >= 0.3 is 12.4 Å². The third kappa shape index (κ3) is 7.61. The Labute approximate surface area is 193 Å². The van der Waals surface area contributed by atoms with Crippen LogP contribution in [-0.2, 0) is 18.9 Å². The number of benzene rings is 1. The summed E-state index contributed by atoms with van der Waals surface area (Å²) in [7, 11) is 0. The second kappa shape index (κ2) is 10.5. The predicted molar refractivity (Wildman–Crippen MR) is 117 cm³/mol. The first-order chi connectivity index (χ1) is 15.4. The van der Waals surface area contributed by atoms with Gasteiger partial charge in [-0.05, 0) is 75.2 Å². The van der Waals surface area contributed by atoms with Crippen LogP contribution in [0.25, 0.3) is 0 Å². The Hall–Kier alpha value is -1.28. The molecule has 3 rings (SSSR count). The molecule has 0 saturated carbocycles. The number of halogens is 6. The molecule has 1 aromatic rings. The first kappa shape index (κ1) is 26.3. The number of nitrogens with zero attached hydrogens (tertiary/aromatic N) is 2. The van der Waals surface area contributed by atoms with E-state index in [4.69, 9.17) is 0 Å². The second-order valence-electron chi connectivity index (χ2n) is 10.6. The van der Waals surface area contributed by atoms with E-state index in [9.17, 15) is 26.3 Å². The fourth-order valence-electron chi connectivity index (χ4n) is 5.57. The molecular weight excluding hydrogens is 442 g/mol. The zero-order chi connectivity index (χ0) is 24.3. The molecule has 2 aliphatic rings. The van der Waals surface area contributed by atoms with Crippen LogP contribution in [0.3, 0.4) is 0 Å². The number of hydrogen-bond acceptors (Lipinski definition) is 1. The molecule has 188 valence electrons. The summed E-state index contributed by atoms with van der Waals surface area (Å²) in [5.41, 5.74) is -2.29. The Kier molecular flexibility index (Phi) is 8.41. The molecule has 0 bridgehead atoms. The van der Waals surface area contributed by atoms with Crippen LogP contribution in [0.1, 0.15) is 69.1 Å². The van der Waals surface area contributed by atoms with E-state index in [0.717, 1.165) is 83.5 Å². The number of hydrogen-bond donors (Lipinski definition) is 0. The Balaban J connectivity index is 1.84. The van der Waals surface area contributed by atoms with Crippen LogP contribution < -0.4 is 0 Å². The van der Waals surface area contributed by atoms with Crippen LogP contribution >= 0.6 is 0 Å². The quantitative estimate of drug-likeness (QED) is 0.301. The smallest absolute Gasteiger partial charge is 0.319 e. The minimum Gasteiger partial charge on any atom is -0.319 e. The highest BCUT2D eigenvalue weighted by molar-refractivity contribution is 5.33. The highest BCUT2D eigenvalue weighted by Gasteiger charge is 2.39. The zero-order valence-electron chi connectivity index (χ0n) is 19.7. The lowest BCUT2D eigenvalue weighted by molar-refractivity contribution is -0.945. The molecule has 0 aromatic heterocycles. The van der Waals surface area contributed by atoms with Crippen LogP contribution in [-0.4, -0.2) is 48.7 Å². The normalized spacial score (nSPS) is 25.5. The zero-order valence-corrected chi connectivity index (χ0v) is 19.7. The van der Waals surface area contributed by atoms with Gasteiger partial charge in [-0.15, -0.1) is 0 Å². The summed E-state index contributed by atoms with van der Waals surface area (Å²) in [6.07, 6.45) is -3.02. The van der Waals surface area contributed by atoms with Crippen LogP contribution in [0.15, 0.2) is 18.2 Å². The van der Waals surface area contributed by atoms with Crippen molar-refractivity contribution in [3.63, 3.8) is 0 Å². The molecular formula is C25H37F6N2+. The lowest BCUT2D eigenvalue weighted by atomic mass is 9.87. The maximum Gasteiger partial charge on any atom is 0.416 e. The Bertz CT molecular complexity index is 725. The molecule has 0 unspecified atom stereocenters. The molecule has 0 amide bonds. The Morgan fingerprint density at radius 1 is 0.879 bits per heavy atom. The summed E-state index contributed by atoms with van der Waals surface area (Å²) in [5, 5.41) is 0. The van der Waals surface area contributed by atoms with E-state index in [1.807, 2.05) is 0 Å². The second-order valence-corrected chi connectivity index (χ2v) is 10.6. The summed E-state index contributed by atoms with van der Waals surface area (Å²) < 4.78 is 80.9. The van der Waals surface area contributed by atoms with E-state index < -0.39 is 23.5 Å². The van der Waals surface area contributed by atoms with E-state index >= 15 is 0 Å². The van der Waals surface area contributed by atoms with E-state index in [-0.39, 0.29) is 18.2 Å². The lowest BCUT2D eigenvalue weighted by Gasteiger charge is -2.45. The van der Waals surface area contributed by atoms with E-state index in [1.165, 1.54) is 6.42 Å². The van der Waals surface area contributed by atoms with Gasteiger partial charge in [0, 0.05) is 12.1 Å². The molecule has 8 heteroatoms. The SMILES string of the molecule is CC(C)CC1CC[N+](CCN2CCCCC2)(Cc2cc(C(F)(F)F)cc(C(F)(F)F)c2)CC1. The van der Waals surface area contributed by atoms with Crippen LogP contribution in [0.2, 0.25) is 0 Å². The van der Waals surface area contributed by atoms with Gasteiger partial charge in [0.15, 0.2) is 0 Å². The molecule has 2 saturated heterocycles. The maximum atomic E-state index is 13.4. The van der Waals surface area contributed by atoms with Gasteiger partial charge in [-0.25, -0.2) is 0 Å². The van der Waals surface area contributed by atoms with Crippen molar-refractivity contribution in [2.45, 2.75) is 71.3 Å². The molecule has 2 nitrogen and oxygen atoms in total. The van der Waals surface area contributed by atoms with Crippen LogP contribution in [0.4, 0.5) is 26.3 Å². The van der Waals surface area contributed by atoms with Gasteiger partial charge < -0.3 is 4.48 Å². The van der Waals surface area contributed by atoms with Gasteiger partial charge in [0.1, 0.15) is 6.54 Å². The number of rotatable bonds is 7. The first-order valence-electron chi connectivity index (χ1n) is 12.2.